The molecule has 7 heteroatoms. The van der Waals surface area contributed by atoms with Crippen LogP contribution in [0.3, 0.4) is 0 Å². The van der Waals surface area contributed by atoms with Gasteiger partial charge in [-0.1, -0.05) is 12.1 Å². The fourth-order valence-corrected chi connectivity index (χ4v) is 2.35. The van der Waals surface area contributed by atoms with E-state index in [1.807, 2.05) is 4.90 Å². The molecule has 3 nitrogen and oxygen atoms in total. The first-order valence-electron chi connectivity index (χ1n) is 6.25. The Morgan fingerprint density at radius 2 is 1.90 bits per heavy atom. The lowest BCUT2D eigenvalue weighted by Crippen LogP contribution is -2.46. The van der Waals surface area contributed by atoms with Crippen LogP contribution in [-0.2, 0) is 6.18 Å². The van der Waals surface area contributed by atoms with E-state index in [9.17, 15) is 18.3 Å². The van der Waals surface area contributed by atoms with Crippen molar-refractivity contribution in [3.63, 3.8) is 0 Å². The number of hydrogen-bond acceptors (Lipinski definition) is 3. The van der Waals surface area contributed by atoms with Gasteiger partial charge in [-0.2, -0.15) is 13.2 Å². The van der Waals surface area contributed by atoms with Crippen LogP contribution in [0.1, 0.15) is 17.2 Å². The van der Waals surface area contributed by atoms with Crippen LogP contribution >= 0.6 is 12.4 Å². The molecule has 2 rings (SSSR count). The van der Waals surface area contributed by atoms with Crippen molar-refractivity contribution in [3.05, 3.63) is 35.4 Å². The summed E-state index contributed by atoms with van der Waals surface area (Å²) in [6.07, 6.45) is -4.35. The largest absolute Gasteiger partial charge is 0.416 e. The molecule has 1 aliphatic heterocycles. The van der Waals surface area contributed by atoms with Crippen molar-refractivity contribution in [2.75, 3.05) is 32.8 Å². The first kappa shape index (κ1) is 17.2. The number of piperazine rings is 1. The van der Waals surface area contributed by atoms with Gasteiger partial charge < -0.3 is 10.4 Å². The highest BCUT2D eigenvalue weighted by molar-refractivity contribution is 5.85. The number of hydrogen-bond donors (Lipinski definition) is 2. The van der Waals surface area contributed by atoms with Crippen LogP contribution in [0.2, 0.25) is 0 Å². The predicted molar refractivity (Wildman–Crippen MR) is 73.0 cm³/mol. The van der Waals surface area contributed by atoms with Crippen LogP contribution in [0.4, 0.5) is 13.2 Å². The van der Waals surface area contributed by atoms with Gasteiger partial charge in [0.15, 0.2) is 0 Å². The van der Waals surface area contributed by atoms with Crippen LogP contribution in [0.15, 0.2) is 24.3 Å². The number of aliphatic hydroxyl groups excluding tert-OH is 1. The van der Waals surface area contributed by atoms with Gasteiger partial charge >= 0.3 is 6.18 Å². The van der Waals surface area contributed by atoms with Gasteiger partial charge in [0.05, 0.1) is 18.2 Å². The van der Waals surface area contributed by atoms with E-state index in [0.717, 1.165) is 38.3 Å². The third-order valence-corrected chi connectivity index (χ3v) is 3.36. The van der Waals surface area contributed by atoms with Crippen LogP contribution in [0, 0.1) is 0 Å². The number of nitrogens with one attached hydrogen (secondary N) is 1. The SMILES string of the molecule is Cl.OC[C@@H](c1cccc(C(F)(F)F)c1)N1CCNCC1. The molecule has 0 saturated carbocycles. The maximum absolute atomic E-state index is 12.7. The summed E-state index contributed by atoms with van der Waals surface area (Å²) in [5.41, 5.74) is -0.155. The standard InChI is InChI=1S/C13H17F3N2O.ClH/c14-13(15,16)11-3-1-2-10(8-11)12(9-19)18-6-4-17-5-7-18;/h1-3,8,12,17,19H,4-7,9H2;1H/t12-;/m0./s1. The van der Waals surface area contributed by atoms with Gasteiger partial charge in [0.1, 0.15) is 0 Å². The molecule has 1 aromatic carbocycles. The van der Waals surface area contributed by atoms with Gasteiger partial charge in [-0.15, -0.1) is 12.4 Å². The molecule has 0 amide bonds. The van der Waals surface area contributed by atoms with Crippen molar-refractivity contribution < 1.29 is 18.3 Å². The molecule has 0 unspecified atom stereocenters. The summed E-state index contributed by atoms with van der Waals surface area (Å²) in [5.74, 6) is 0. The average Bonchev–Trinajstić information content (AvgIpc) is 2.40. The molecular formula is C13H18ClF3N2O. The van der Waals surface area contributed by atoms with Crippen LogP contribution in [0.5, 0.6) is 0 Å². The molecule has 1 fully saturated rings. The summed E-state index contributed by atoms with van der Waals surface area (Å²) in [5, 5.41) is 12.7. The highest BCUT2D eigenvalue weighted by Gasteiger charge is 2.31. The van der Waals surface area contributed by atoms with Gasteiger partial charge in [-0.25, -0.2) is 0 Å². The lowest BCUT2D eigenvalue weighted by molar-refractivity contribution is -0.137. The maximum atomic E-state index is 12.7. The molecule has 1 atom stereocenters. The fourth-order valence-electron chi connectivity index (χ4n) is 2.35. The first-order valence-corrected chi connectivity index (χ1v) is 6.25. The number of benzene rings is 1. The Hall–Kier alpha value is -0.820. The highest BCUT2D eigenvalue weighted by Crippen LogP contribution is 2.31. The molecule has 1 heterocycles. The van der Waals surface area contributed by atoms with Gasteiger partial charge in [-0.05, 0) is 17.7 Å². The van der Waals surface area contributed by atoms with Gasteiger partial charge in [-0.3, -0.25) is 4.90 Å². The fraction of sp³-hybridized carbons (Fsp3) is 0.538. The van der Waals surface area contributed by atoms with Gasteiger partial charge in [0, 0.05) is 26.2 Å². The molecule has 0 bridgehead atoms. The zero-order chi connectivity index (χ0) is 13.9. The Labute approximate surface area is 122 Å². The lowest BCUT2D eigenvalue weighted by Gasteiger charge is -2.34. The Morgan fingerprint density at radius 3 is 2.45 bits per heavy atom. The maximum Gasteiger partial charge on any atom is 0.416 e. The van der Waals surface area contributed by atoms with Crippen LogP contribution < -0.4 is 5.32 Å². The number of alkyl halides is 3. The molecule has 1 aromatic rings. The second-order valence-corrected chi connectivity index (χ2v) is 4.61. The Balaban J connectivity index is 0.00000200. The predicted octanol–water partition coefficient (Wildman–Crippen LogP) is 2.07. The smallest absolute Gasteiger partial charge is 0.394 e. The minimum absolute atomic E-state index is 0. The number of nitrogens with zero attached hydrogens (tertiary/aromatic N) is 1. The summed E-state index contributed by atoms with van der Waals surface area (Å²) >= 11 is 0. The topological polar surface area (TPSA) is 35.5 Å². The van der Waals surface area contributed by atoms with Crippen molar-refractivity contribution in [2.45, 2.75) is 12.2 Å². The summed E-state index contributed by atoms with van der Waals surface area (Å²) in [6, 6.07) is 4.84. The highest BCUT2D eigenvalue weighted by atomic mass is 35.5. The molecule has 0 spiro atoms. The number of rotatable bonds is 3. The molecule has 1 saturated heterocycles. The van der Waals surface area contributed by atoms with E-state index in [1.165, 1.54) is 6.07 Å². The molecule has 2 N–H and O–H groups in total. The van der Waals surface area contributed by atoms with E-state index in [2.05, 4.69) is 5.32 Å². The first-order chi connectivity index (χ1) is 9.02. The van der Waals surface area contributed by atoms with Crippen molar-refractivity contribution in [3.8, 4) is 0 Å². The summed E-state index contributed by atoms with van der Waals surface area (Å²) in [6.45, 7) is 2.84. The molecule has 0 aromatic heterocycles. The summed E-state index contributed by atoms with van der Waals surface area (Å²) in [4.78, 5) is 2.01. The Morgan fingerprint density at radius 1 is 1.25 bits per heavy atom. The molecule has 0 radical (unpaired) electrons. The van der Waals surface area contributed by atoms with E-state index in [-0.39, 0.29) is 25.1 Å². The third-order valence-electron chi connectivity index (χ3n) is 3.36. The zero-order valence-corrected chi connectivity index (χ0v) is 11.7. The van der Waals surface area contributed by atoms with E-state index < -0.39 is 11.7 Å². The minimum atomic E-state index is -4.35. The molecule has 114 valence electrons. The Kier molecular flexibility index (Phi) is 6.26. The zero-order valence-electron chi connectivity index (χ0n) is 10.9. The van der Waals surface area contributed by atoms with Gasteiger partial charge in [0.25, 0.3) is 0 Å². The quantitative estimate of drug-likeness (QED) is 0.897. The number of aliphatic hydroxyl groups is 1. The van der Waals surface area contributed by atoms with E-state index in [4.69, 9.17) is 0 Å². The van der Waals surface area contributed by atoms with Crippen molar-refractivity contribution >= 4 is 12.4 Å². The van der Waals surface area contributed by atoms with E-state index in [1.54, 1.807) is 6.07 Å². The Bertz CT molecular complexity index is 422. The third kappa shape index (κ3) is 4.09. The van der Waals surface area contributed by atoms with Crippen molar-refractivity contribution in [2.24, 2.45) is 0 Å². The molecule has 20 heavy (non-hydrogen) atoms. The van der Waals surface area contributed by atoms with Gasteiger partial charge in [0.2, 0.25) is 0 Å². The lowest BCUT2D eigenvalue weighted by atomic mass is 10.0. The molecular weight excluding hydrogens is 293 g/mol. The minimum Gasteiger partial charge on any atom is -0.394 e. The van der Waals surface area contributed by atoms with E-state index in [0.29, 0.717) is 5.56 Å². The number of halogens is 4. The molecule has 1 aliphatic rings. The molecule has 0 aliphatic carbocycles. The second-order valence-electron chi connectivity index (χ2n) is 4.61. The summed E-state index contributed by atoms with van der Waals surface area (Å²) in [7, 11) is 0. The monoisotopic (exact) mass is 310 g/mol. The second kappa shape index (κ2) is 7.26. The van der Waals surface area contributed by atoms with Crippen LogP contribution in [0.25, 0.3) is 0 Å². The van der Waals surface area contributed by atoms with E-state index >= 15 is 0 Å². The van der Waals surface area contributed by atoms with Crippen molar-refractivity contribution in [1.82, 2.24) is 10.2 Å². The normalized spacial score (nSPS) is 18.4. The average molecular weight is 311 g/mol. The van der Waals surface area contributed by atoms with Crippen molar-refractivity contribution in [1.29, 1.82) is 0 Å². The summed E-state index contributed by atoms with van der Waals surface area (Å²) < 4.78 is 38.1. The van der Waals surface area contributed by atoms with Crippen LogP contribution in [-0.4, -0.2) is 42.8 Å².